The van der Waals surface area contributed by atoms with E-state index in [9.17, 15) is 43.5 Å². The van der Waals surface area contributed by atoms with Gasteiger partial charge in [-0.2, -0.15) is 0 Å². The summed E-state index contributed by atoms with van der Waals surface area (Å²) in [7, 11) is -9.83. The molecule has 702 valence electrons. The van der Waals surface area contributed by atoms with Gasteiger partial charge in [0.1, 0.15) is 25.4 Å². The van der Waals surface area contributed by atoms with Crippen LogP contribution in [-0.2, 0) is 55.8 Å². The van der Waals surface area contributed by atoms with Crippen LogP contribution in [0.15, 0.2) is 194 Å². The van der Waals surface area contributed by atoms with Crippen LogP contribution < -0.4 is 0 Å². The van der Waals surface area contributed by atoms with Gasteiger partial charge in [-0.05, 0) is 161 Å². The van der Waals surface area contributed by atoms with Gasteiger partial charge in [0.05, 0.1) is 26.4 Å². The molecule has 0 aromatic rings. The molecule has 0 heterocycles. The molecule has 0 amide bonds. The Hall–Kier alpha value is -5.61. The molecule has 0 rings (SSSR count). The summed E-state index contributed by atoms with van der Waals surface area (Å²) < 4.78 is 61.6. The third kappa shape index (κ3) is 96.9. The molecule has 0 bridgehead atoms. The molecule has 5 unspecified atom stereocenters. The van der Waals surface area contributed by atoms with Gasteiger partial charge < -0.3 is 34.2 Å². The zero-order valence-electron chi connectivity index (χ0n) is 77.5. The Morgan fingerprint density at radius 3 is 0.642 bits per heavy atom. The number of rotatable bonds is 91. The second-order valence-corrected chi connectivity index (χ2v) is 35.0. The number of hydrogen-bond donors (Lipinski definition) is 4. The quantitative estimate of drug-likeness (QED) is 0.0146. The number of carbonyl (C=O) groups excluding carboxylic acids is 3. The molecule has 0 fully saturated rings. The predicted octanol–water partition coefficient (Wildman–Crippen LogP) is 30.6. The SMILES string of the molecule is CC/C=C\C/C=C\C/C=C\C/C=C\C/C=C\C/C=C\CCCCCCCCCCCCCCC(=O)OCC(COP(=O)(O)OCC(O)COP(=O)(O)OCC(O)COC(=O)CCCCCCCCCCCCCCCCCCCCC/C=C\C/C=C\C/C=C\C/C=C\C/C=C\CC)OC(=O)CCCCCCC/C=C\C/C=C\C/C=C\C/C=C\C/C=C\CC. The minimum Gasteiger partial charge on any atom is -0.463 e. The fourth-order valence-corrected chi connectivity index (χ4v) is 14.6. The molecule has 0 spiro atoms. The number of carbonyl (C=O) groups is 3. The van der Waals surface area contributed by atoms with E-state index in [2.05, 4.69) is 215 Å². The maximum atomic E-state index is 13.1. The molecule has 0 radical (unpaired) electrons. The van der Waals surface area contributed by atoms with Crippen LogP contribution in [-0.4, -0.2) is 95.9 Å². The van der Waals surface area contributed by atoms with Gasteiger partial charge in [-0.25, -0.2) is 9.13 Å². The minimum atomic E-state index is -4.95. The zero-order chi connectivity index (χ0) is 89.3. The Kier molecular flexibility index (Phi) is 91.1. The highest BCUT2D eigenvalue weighted by atomic mass is 31.2. The summed E-state index contributed by atoms with van der Waals surface area (Å²) in [6, 6.07) is 0. The number of allylic oxidation sites excluding steroid dienone is 32. The van der Waals surface area contributed by atoms with Gasteiger partial charge in [0, 0.05) is 19.3 Å². The van der Waals surface area contributed by atoms with Gasteiger partial charge in [0.25, 0.3) is 0 Å². The summed E-state index contributed by atoms with van der Waals surface area (Å²) in [5.74, 6) is -1.59. The first-order valence-electron chi connectivity index (χ1n) is 48.7. The van der Waals surface area contributed by atoms with Crippen LogP contribution in [0.5, 0.6) is 0 Å². The van der Waals surface area contributed by atoms with E-state index in [0.29, 0.717) is 19.3 Å². The Morgan fingerprint density at radius 2 is 0.407 bits per heavy atom. The first-order valence-corrected chi connectivity index (χ1v) is 51.7. The molecule has 4 N–H and O–H groups in total. The molecule has 123 heavy (non-hydrogen) atoms. The van der Waals surface area contributed by atoms with Gasteiger partial charge >= 0.3 is 33.6 Å². The van der Waals surface area contributed by atoms with E-state index >= 15 is 0 Å². The predicted molar refractivity (Wildman–Crippen MR) is 518 cm³/mol. The zero-order valence-corrected chi connectivity index (χ0v) is 79.3. The number of phosphoric acid groups is 2. The normalized spacial score (nSPS) is 14.6. The van der Waals surface area contributed by atoms with Gasteiger partial charge in [-0.15, -0.1) is 0 Å². The highest BCUT2D eigenvalue weighted by Crippen LogP contribution is 2.45. The van der Waals surface area contributed by atoms with Crippen LogP contribution in [0.2, 0.25) is 0 Å². The Morgan fingerprint density at radius 1 is 0.228 bits per heavy atom. The molecule has 0 aliphatic rings. The number of esters is 3. The van der Waals surface area contributed by atoms with Gasteiger partial charge in [0.2, 0.25) is 0 Å². The molecule has 5 atom stereocenters. The van der Waals surface area contributed by atoms with Crippen molar-refractivity contribution in [1.82, 2.24) is 0 Å². The first kappa shape index (κ1) is 117. The van der Waals surface area contributed by atoms with Crippen LogP contribution in [0.3, 0.4) is 0 Å². The second kappa shape index (κ2) is 95.5. The third-order valence-corrected chi connectivity index (χ3v) is 22.2. The van der Waals surface area contributed by atoms with E-state index in [1.807, 2.05) is 0 Å². The topological polar surface area (TPSA) is 231 Å². The number of unbranched alkanes of at least 4 members (excludes halogenated alkanes) is 36. The van der Waals surface area contributed by atoms with Crippen molar-refractivity contribution >= 4 is 33.6 Å². The summed E-state index contributed by atoms with van der Waals surface area (Å²) >= 11 is 0. The monoisotopic (exact) mass is 1760 g/mol. The standard InChI is InChI=1S/C105H176O16P2/c1-4-7-10-13-16-19-22-25-28-31-34-37-39-41-43-45-47-48-49-50-52-54-55-57-59-62-64-67-70-73-76-79-82-85-88-91-103(108)115-94-100(106)95-117-122(111,112)118-96-101(107)97-119-123(113,114)120-99-102(121-105(110)93-90-87-84-81-78-75-72-69-66-61-36-33-30-27-24-21-18-15-12-9-6-3)98-116-104(109)92-89-86-83-80-77-74-71-68-65-63-60-58-56-53-51-46-44-42-40-38-35-32-29-26-23-20-17-14-11-8-5-2/h7-12,16-21,25-30,34-38,41-44,51,53,61,69,72,100-102,106-107H,4-6,13-15,22-24,31-33,39-40,45-50,52,54-60,62-68,70-71,73-99H2,1-3H3,(H,111,112)(H,113,114)/b10-7-,11-8-,12-9-,19-16-,20-17-,21-18-,28-25-,29-26-,30-27-,37-34-,38-35-,43-41-,44-42-,53-51-,61-36-,72-69-. The minimum absolute atomic E-state index is 0.0768. The molecular formula is C105H176O16P2. The van der Waals surface area contributed by atoms with Crippen molar-refractivity contribution < 1.29 is 75.8 Å². The summed E-state index contributed by atoms with van der Waals surface area (Å²) in [6.45, 7) is 2.36. The maximum absolute atomic E-state index is 13.1. The molecule has 0 aromatic carbocycles. The average Bonchev–Trinajstić information content (AvgIpc) is 0.892. The number of phosphoric ester groups is 2. The van der Waals surface area contributed by atoms with Crippen molar-refractivity contribution in [3.05, 3.63) is 194 Å². The highest BCUT2D eigenvalue weighted by Gasteiger charge is 2.30. The number of ether oxygens (including phenoxy) is 3. The summed E-state index contributed by atoms with van der Waals surface area (Å²) in [4.78, 5) is 59.1. The average molecular weight is 1760 g/mol. The van der Waals surface area contributed by atoms with E-state index < -0.39 is 91.5 Å². The molecule has 18 heteroatoms. The lowest BCUT2D eigenvalue weighted by Gasteiger charge is -2.21. The maximum Gasteiger partial charge on any atom is 0.472 e. The van der Waals surface area contributed by atoms with E-state index in [1.54, 1.807) is 0 Å². The van der Waals surface area contributed by atoms with Crippen molar-refractivity contribution in [3.8, 4) is 0 Å². The number of hydrogen-bond acceptors (Lipinski definition) is 14. The Bertz CT molecular complexity index is 3020. The smallest absolute Gasteiger partial charge is 0.463 e. The lowest BCUT2D eigenvalue weighted by molar-refractivity contribution is -0.161. The first-order chi connectivity index (χ1) is 60.2. The largest absolute Gasteiger partial charge is 0.472 e. The van der Waals surface area contributed by atoms with Gasteiger partial charge in [-0.1, -0.05) is 408 Å². The molecule has 0 aromatic heterocycles. The van der Waals surface area contributed by atoms with Crippen LogP contribution in [0.4, 0.5) is 0 Å². The summed E-state index contributed by atoms with van der Waals surface area (Å²) in [5.41, 5.74) is 0. The van der Waals surface area contributed by atoms with Crippen LogP contribution in [0, 0.1) is 0 Å². The molecule has 16 nitrogen and oxygen atoms in total. The van der Waals surface area contributed by atoms with Gasteiger partial charge in [0.15, 0.2) is 6.10 Å². The summed E-state index contributed by atoms with van der Waals surface area (Å²) in [6.07, 6.45) is 128. The third-order valence-electron chi connectivity index (χ3n) is 20.3. The Balaban J connectivity index is 4.55. The van der Waals surface area contributed by atoms with Crippen LogP contribution in [0.1, 0.15) is 393 Å². The fourth-order valence-electron chi connectivity index (χ4n) is 13.0. The van der Waals surface area contributed by atoms with Crippen molar-refractivity contribution in [2.75, 3.05) is 39.6 Å². The van der Waals surface area contributed by atoms with Crippen LogP contribution in [0.25, 0.3) is 0 Å². The molecular weight excluding hydrogens is 1580 g/mol. The molecule has 0 saturated heterocycles. The fraction of sp³-hybridized carbons (Fsp3) is 0.667. The van der Waals surface area contributed by atoms with E-state index in [4.69, 9.17) is 32.3 Å². The van der Waals surface area contributed by atoms with E-state index in [1.165, 1.54) is 148 Å². The van der Waals surface area contributed by atoms with Crippen molar-refractivity contribution in [1.29, 1.82) is 0 Å². The molecule has 0 saturated carbocycles. The van der Waals surface area contributed by atoms with E-state index in [0.717, 1.165) is 186 Å². The van der Waals surface area contributed by atoms with Crippen LogP contribution >= 0.6 is 15.6 Å². The van der Waals surface area contributed by atoms with Gasteiger partial charge in [-0.3, -0.25) is 32.5 Å². The highest BCUT2D eigenvalue weighted by molar-refractivity contribution is 7.47. The van der Waals surface area contributed by atoms with E-state index in [-0.39, 0.29) is 19.3 Å². The van der Waals surface area contributed by atoms with Crippen molar-refractivity contribution in [2.24, 2.45) is 0 Å². The number of aliphatic hydroxyl groups excluding tert-OH is 2. The lowest BCUT2D eigenvalue weighted by atomic mass is 10.0. The lowest BCUT2D eigenvalue weighted by Crippen LogP contribution is -2.30. The molecule has 0 aliphatic heterocycles. The van der Waals surface area contributed by atoms with Crippen molar-refractivity contribution in [3.63, 3.8) is 0 Å². The second-order valence-electron chi connectivity index (χ2n) is 32.1. The molecule has 0 aliphatic carbocycles. The summed E-state index contributed by atoms with van der Waals surface area (Å²) in [5, 5.41) is 20.8. The number of aliphatic hydroxyl groups is 2. The Labute approximate surface area is 750 Å². The van der Waals surface area contributed by atoms with Crippen molar-refractivity contribution in [2.45, 2.75) is 411 Å².